The summed E-state index contributed by atoms with van der Waals surface area (Å²) in [6.07, 6.45) is 0.392. The van der Waals surface area contributed by atoms with Crippen LogP contribution in [0.2, 0.25) is 0 Å². The lowest BCUT2D eigenvalue weighted by molar-refractivity contribution is 0.0158. The molecule has 0 aliphatic heterocycles. The predicted octanol–water partition coefficient (Wildman–Crippen LogP) is 1.80. The van der Waals surface area contributed by atoms with Gasteiger partial charge in [0.2, 0.25) is 5.92 Å². The van der Waals surface area contributed by atoms with Gasteiger partial charge in [-0.05, 0) is 6.92 Å². The fourth-order valence-corrected chi connectivity index (χ4v) is 0.508. The van der Waals surface area contributed by atoms with E-state index in [1.807, 2.05) is 6.92 Å². The van der Waals surface area contributed by atoms with Crippen LogP contribution in [0.5, 0.6) is 0 Å². The molecule has 0 aromatic heterocycles. The Bertz CT molecular complexity index is 138. The van der Waals surface area contributed by atoms with Crippen molar-refractivity contribution in [2.24, 2.45) is 10.7 Å². The molecule has 0 aliphatic carbocycles. The third-order valence-corrected chi connectivity index (χ3v) is 1.23. The highest BCUT2D eigenvalue weighted by Gasteiger charge is 2.19. The first-order valence-electron chi connectivity index (χ1n) is 3.62. The van der Waals surface area contributed by atoms with Crippen molar-refractivity contribution in [3.05, 3.63) is 0 Å². The number of aliphatic imine (C=N–C) groups is 1. The molecule has 0 amide bonds. The second kappa shape index (κ2) is 4.26. The Balaban J connectivity index is 3.57. The maximum atomic E-state index is 12.2. The lowest BCUT2D eigenvalue weighted by atomic mass is 10.3. The largest absolute Gasteiger partial charge is 0.387 e. The Labute approximate surface area is 65.5 Å². The van der Waals surface area contributed by atoms with Crippen LogP contribution < -0.4 is 5.73 Å². The summed E-state index contributed by atoms with van der Waals surface area (Å²) < 4.78 is 24.3. The molecule has 0 saturated heterocycles. The van der Waals surface area contributed by atoms with Gasteiger partial charge in [-0.25, -0.2) is 8.78 Å². The fraction of sp³-hybridized carbons (Fsp3) is 0.857. The zero-order valence-electron chi connectivity index (χ0n) is 6.90. The molecule has 0 heterocycles. The Morgan fingerprint density at radius 1 is 1.55 bits per heavy atom. The highest BCUT2D eigenvalue weighted by Crippen LogP contribution is 2.15. The standard InChI is InChI=1S/C7H14F2N2/c1-3-6(10)11-5-4-7(2,8)9/h3-5H2,1-2H3,(H2,10,11). The van der Waals surface area contributed by atoms with Gasteiger partial charge in [-0.3, -0.25) is 4.99 Å². The van der Waals surface area contributed by atoms with E-state index in [9.17, 15) is 8.78 Å². The van der Waals surface area contributed by atoms with Crippen molar-refractivity contribution in [1.82, 2.24) is 0 Å². The Morgan fingerprint density at radius 3 is 2.45 bits per heavy atom. The monoisotopic (exact) mass is 164 g/mol. The number of hydrogen-bond acceptors (Lipinski definition) is 1. The first-order chi connectivity index (χ1) is 4.95. The molecule has 11 heavy (non-hydrogen) atoms. The van der Waals surface area contributed by atoms with E-state index in [1.54, 1.807) is 0 Å². The molecule has 0 saturated carbocycles. The Morgan fingerprint density at radius 2 is 2.09 bits per heavy atom. The minimum absolute atomic E-state index is 0.114. The number of nitrogens with two attached hydrogens (primary N) is 1. The molecule has 2 nitrogen and oxygen atoms in total. The van der Waals surface area contributed by atoms with Crippen LogP contribution >= 0.6 is 0 Å². The molecule has 66 valence electrons. The van der Waals surface area contributed by atoms with Gasteiger partial charge in [0, 0.05) is 19.4 Å². The molecule has 2 N–H and O–H groups in total. The van der Waals surface area contributed by atoms with E-state index < -0.39 is 5.92 Å². The zero-order chi connectivity index (χ0) is 8.91. The van der Waals surface area contributed by atoms with Crippen LogP contribution in [-0.4, -0.2) is 18.3 Å². The van der Waals surface area contributed by atoms with Gasteiger partial charge < -0.3 is 5.73 Å². The van der Waals surface area contributed by atoms with E-state index in [1.165, 1.54) is 0 Å². The third kappa shape index (κ3) is 7.22. The number of halogens is 2. The molecule has 0 radical (unpaired) electrons. The van der Waals surface area contributed by atoms with Crippen LogP contribution in [-0.2, 0) is 0 Å². The average Bonchev–Trinajstić information content (AvgIpc) is 1.85. The van der Waals surface area contributed by atoms with Gasteiger partial charge >= 0.3 is 0 Å². The lowest BCUT2D eigenvalue weighted by Gasteiger charge is -2.06. The topological polar surface area (TPSA) is 38.4 Å². The van der Waals surface area contributed by atoms with Crippen LogP contribution in [0.4, 0.5) is 8.78 Å². The van der Waals surface area contributed by atoms with Crippen molar-refractivity contribution in [3.8, 4) is 0 Å². The molecule has 0 aromatic rings. The van der Waals surface area contributed by atoms with E-state index >= 15 is 0 Å². The summed E-state index contributed by atoms with van der Waals surface area (Å²) in [5, 5.41) is 0. The minimum Gasteiger partial charge on any atom is -0.387 e. The van der Waals surface area contributed by atoms with Crippen LogP contribution in [0, 0.1) is 0 Å². The number of rotatable bonds is 4. The third-order valence-electron chi connectivity index (χ3n) is 1.23. The first kappa shape index (κ1) is 10.3. The maximum absolute atomic E-state index is 12.2. The Kier molecular flexibility index (Phi) is 4.00. The van der Waals surface area contributed by atoms with E-state index in [0.717, 1.165) is 6.92 Å². The van der Waals surface area contributed by atoms with Crippen molar-refractivity contribution < 1.29 is 8.78 Å². The van der Waals surface area contributed by atoms with Gasteiger partial charge in [-0.15, -0.1) is 0 Å². The zero-order valence-corrected chi connectivity index (χ0v) is 6.90. The summed E-state index contributed by atoms with van der Waals surface area (Å²) in [6.45, 7) is 2.83. The van der Waals surface area contributed by atoms with Gasteiger partial charge in [0.05, 0.1) is 5.84 Å². The molecule has 4 heteroatoms. The highest BCUT2D eigenvalue weighted by molar-refractivity contribution is 5.79. The number of alkyl halides is 2. The van der Waals surface area contributed by atoms with Gasteiger partial charge in [0.15, 0.2) is 0 Å². The average molecular weight is 164 g/mol. The molecule has 0 unspecified atom stereocenters. The van der Waals surface area contributed by atoms with E-state index in [0.29, 0.717) is 12.3 Å². The van der Waals surface area contributed by atoms with Crippen molar-refractivity contribution in [3.63, 3.8) is 0 Å². The summed E-state index contributed by atoms with van der Waals surface area (Å²) in [4.78, 5) is 3.74. The normalized spacial score (nSPS) is 13.6. The molecule has 0 fully saturated rings. The minimum atomic E-state index is -2.63. The predicted molar refractivity (Wildman–Crippen MR) is 42.0 cm³/mol. The summed E-state index contributed by atoms with van der Waals surface area (Å²) in [5.41, 5.74) is 5.31. The fourth-order valence-electron chi connectivity index (χ4n) is 0.508. The van der Waals surface area contributed by atoms with Crippen molar-refractivity contribution in [2.75, 3.05) is 6.54 Å². The molecular formula is C7H14F2N2. The molecular weight excluding hydrogens is 150 g/mol. The van der Waals surface area contributed by atoms with Crippen LogP contribution in [0.1, 0.15) is 26.7 Å². The number of nitrogens with zero attached hydrogens (tertiary/aromatic N) is 1. The summed E-state index contributed by atoms with van der Waals surface area (Å²) in [6, 6.07) is 0. The smallest absolute Gasteiger partial charge is 0.247 e. The Hall–Kier alpha value is -0.670. The summed E-state index contributed by atoms with van der Waals surface area (Å²) in [7, 11) is 0. The van der Waals surface area contributed by atoms with Crippen LogP contribution in [0.3, 0.4) is 0 Å². The second-order valence-electron chi connectivity index (χ2n) is 2.55. The molecule has 0 aromatic carbocycles. The van der Waals surface area contributed by atoms with Crippen LogP contribution in [0.15, 0.2) is 4.99 Å². The second-order valence-corrected chi connectivity index (χ2v) is 2.55. The summed E-state index contributed by atoms with van der Waals surface area (Å²) >= 11 is 0. The summed E-state index contributed by atoms with van der Waals surface area (Å²) in [5.74, 6) is -2.19. The SMILES string of the molecule is CCC(N)=NCCC(C)(F)F. The number of amidine groups is 1. The van der Waals surface area contributed by atoms with Crippen molar-refractivity contribution in [1.29, 1.82) is 0 Å². The highest BCUT2D eigenvalue weighted by atomic mass is 19.3. The van der Waals surface area contributed by atoms with E-state index in [2.05, 4.69) is 4.99 Å². The van der Waals surface area contributed by atoms with Gasteiger partial charge in [-0.1, -0.05) is 6.92 Å². The van der Waals surface area contributed by atoms with Gasteiger partial charge in [0.25, 0.3) is 0 Å². The van der Waals surface area contributed by atoms with Gasteiger partial charge in [0.1, 0.15) is 0 Å². The van der Waals surface area contributed by atoms with Gasteiger partial charge in [-0.2, -0.15) is 0 Å². The van der Waals surface area contributed by atoms with Crippen molar-refractivity contribution in [2.45, 2.75) is 32.6 Å². The van der Waals surface area contributed by atoms with Crippen molar-refractivity contribution >= 4 is 5.84 Å². The number of hydrogen-bond donors (Lipinski definition) is 1. The maximum Gasteiger partial charge on any atom is 0.247 e. The first-order valence-corrected chi connectivity index (χ1v) is 3.62. The quantitative estimate of drug-likeness (QED) is 0.499. The molecule has 0 bridgehead atoms. The molecule has 0 atom stereocenters. The van der Waals surface area contributed by atoms with Crippen LogP contribution in [0.25, 0.3) is 0 Å². The molecule has 0 aliphatic rings. The molecule has 0 spiro atoms. The lowest BCUT2D eigenvalue weighted by Crippen LogP contribution is -2.14. The molecule has 0 rings (SSSR count). The van der Waals surface area contributed by atoms with E-state index in [-0.39, 0.29) is 13.0 Å². The van der Waals surface area contributed by atoms with E-state index in [4.69, 9.17) is 5.73 Å².